The van der Waals surface area contributed by atoms with Crippen LogP contribution in [0.5, 0.6) is 23.0 Å². The van der Waals surface area contributed by atoms with Gasteiger partial charge in [-0.25, -0.2) is 0 Å². The first kappa shape index (κ1) is 14.7. The summed E-state index contributed by atoms with van der Waals surface area (Å²) in [6.07, 6.45) is 0. The maximum absolute atomic E-state index is 12.4. The highest BCUT2D eigenvalue weighted by atomic mass is 79.9. The number of ketones is 1. The molecule has 2 aromatic rings. The maximum Gasteiger partial charge on any atom is 0.195 e. The zero-order valence-corrected chi connectivity index (χ0v) is 12.9. The van der Waals surface area contributed by atoms with Gasteiger partial charge in [0.1, 0.15) is 0 Å². The summed E-state index contributed by atoms with van der Waals surface area (Å²) in [7, 11) is 0. The predicted molar refractivity (Wildman–Crippen MR) is 78.4 cm³/mol. The summed E-state index contributed by atoms with van der Waals surface area (Å²) in [5, 5.41) is 37.6. The highest BCUT2D eigenvalue weighted by molar-refractivity contribution is 9.11. The highest BCUT2D eigenvalue weighted by Crippen LogP contribution is 2.36. The minimum absolute atomic E-state index is 0.103. The van der Waals surface area contributed by atoms with Gasteiger partial charge in [0, 0.05) is 20.1 Å². The summed E-state index contributed by atoms with van der Waals surface area (Å²) in [6.45, 7) is 0. The van der Waals surface area contributed by atoms with Crippen molar-refractivity contribution < 1.29 is 25.2 Å². The van der Waals surface area contributed by atoms with E-state index in [0.717, 1.165) is 12.1 Å². The number of halogens is 2. The number of phenolic OH excluding ortho intramolecular Hbond substituents is 4. The lowest BCUT2D eigenvalue weighted by atomic mass is 10.0. The molecule has 7 heteroatoms. The van der Waals surface area contributed by atoms with Gasteiger partial charge >= 0.3 is 0 Å². The lowest BCUT2D eigenvalue weighted by molar-refractivity contribution is 0.103. The second kappa shape index (κ2) is 5.34. The Kier molecular flexibility index (Phi) is 3.92. The number of aromatic hydroxyl groups is 4. The summed E-state index contributed by atoms with van der Waals surface area (Å²) in [5.74, 6) is -2.09. The molecule has 104 valence electrons. The van der Waals surface area contributed by atoms with Crippen LogP contribution in [0, 0.1) is 0 Å². The van der Waals surface area contributed by atoms with Gasteiger partial charge in [0.25, 0.3) is 0 Å². The van der Waals surface area contributed by atoms with Crippen molar-refractivity contribution in [1.29, 1.82) is 0 Å². The Morgan fingerprint density at radius 2 is 1.00 bits per heavy atom. The fraction of sp³-hybridized carbons (Fsp3) is 0. The number of carbonyl (C=O) groups is 1. The van der Waals surface area contributed by atoms with Gasteiger partial charge in [-0.15, -0.1) is 0 Å². The maximum atomic E-state index is 12.4. The van der Waals surface area contributed by atoms with Crippen LogP contribution in [0.2, 0.25) is 0 Å². The number of carbonyl (C=O) groups excluding carboxylic acids is 1. The van der Waals surface area contributed by atoms with Crippen molar-refractivity contribution in [3.05, 3.63) is 44.3 Å². The zero-order valence-electron chi connectivity index (χ0n) is 9.76. The van der Waals surface area contributed by atoms with Crippen molar-refractivity contribution >= 4 is 37.6 Å². The number of hydrogen-bond acceptors (Lipinski definition) is 5. The van der Waals surface area contributed by atoms with Crippen LogP contribution >= 0.6 is 31.9 Å². The topological polar surface area (TPSA) is 98.0 Å². The number of hydrogen-bond donors (Lipinski definition) is 4. The molecule has 0 fully saturated rings. The van der Waals surface area contributed by atoms with E-state index in [0.29, 0.717) is 0 Å². The summed E-state index contributed by atoms with van der Waals surface area (Å²) < 4.78 is 0.578. The molecule has 0 spiro atoms. The Labute approximate surface area is 130 Å². The molecule has 0 aliphatic rings. The van der Waals surface area contributed by atoms with Gasteiger partial charge in [0.15, 0.2) is 28.8 Å². The van der Waals surface area contributed by atoms with Gasteiger partial charge in [-0.2, -0.15) is 0 Å². The van der Waals surface area contributed by atoms with E-state index in [1.54, 1.807) is 0 Å². The molecule has 0 bridgehead atoms. The normalized spacial score (nSPS) is 10.5. The second-order valence-corrected chi connectivity index (χ2v) is 5.68. The molecule has 0 aliphatic carbocycles. The Hall–Kier alpha value is -1.73. The predicted octanol–water partition coefficient (Wildman–Crippen LogP) is 3.27. The van der Waals surface area contributed by atoms with E-state index >= 15 is 0 Å². The lowest BCUT2D eigenvalue weighted by Crippen LogP contribution is -2.03. The first-order valence-corrected chi connectivity index (χ1v) is 6.87. The Morgan fingerprint density at radius 1 is 0.700 bits per heavy atom. The van der Waals surface area contributed by atoms with E-state index in [4.69, 9.17) is 0 Å². The molecule has 0 aromatic heterocycles. The van der Waals surface area contributed by atoms with Gasteiger partial charge in [-0.1, -0.05) is 0 Å². The van der Waals surface area contributed by atoms with Crippen molar-refractivity contribution in [2.24, 2.45) is 0 Å². The van der Waals surface area contributed by atoms with E-state index in [1.165, 1.54) is 12.1 Å². The van der Waals surface area contributed by atoms with E-state index < -0.39 is 17.3 Å². The van der Waals surface area contributed by atoms with Crippen LogP contribution in [0.1, 0.15) is 15.9 Å². The molecule has 0 heterocycles. The molecule has 20 heavy (non-hydrogen) atoms. The molecular weight excluding hydrogens is 396 g/mol. The summed E-state index contributed by atoms with van der Waals surface area (Å²) in [4.78, 5) is 12.4. The second-order valence-electron chi connectivity index (χ2n) is 3.97. The molecule has 0 atom stereocenters. The SMILES string of the molecule is O=C(c1cc(O)c(O)cc1Br)c1cc(O)c(O)cc1Br. The van der Waals surface area contributed by atoms with Crippen molar-refractivity contribution in [2.45, 2.75) is 0 Å². The quantitative estimate of drug-likeness (QED) is 0.455. The Balaban J connectivity index is 2.57. The van der Waals surface area contributed by atoms with E-state index in [2.05, 4.69) is 31.9 Å². The molecule has 2 rings (SSSR count). The average Bonchev–Trinajstić information content (AvgIpc) is 2.37. The summed E-state index contributed by atoms with van der Waals surface area (Å²) in [5.41, 5.74) is 0.206. The molecule has 0 saturated carbocycles. The van der Waals surface area contributed by atoms with Crippen molar-refractivity contribution in [3.8, 4) is 23.0 Å². The van der Waals surface area contributed by atoms with Gasteiger partial charge in [0.05, 0.1) is 0 Å². The van der Waals surface area contributed by atoms with Crippen LogP contribution in [-0.4, -0.2) is 26.2 Å². The third-order valence-corrected chi connectivity index (χ3v) is 3.93. The molecule has 0 unspecified atom stereocenters. The summed E-state index contributed by atoms with van der Waals surface area (Å²) >= 11 is 6.24. The van der Waals surface area contributed by atoms with Crippen LogP contribution in [0.4, 0.5) is 0 Å². The molecular formula is C13H8Br2O5. The average molecular weight is 404 g/mol. The van der Waals surface area contributed by atoms with E-state index in [-0.39, 0.29) is 31.6 Å². The third-order valence-electron chi connectivity index (χ3n) is 2.62. The number of rotatable bonds is 2. The van der Waals surface area contributed by atoms with Crippen molar-refractivity contribution in [1.82, 2.24) is 0 Å². The Morgan fingerprint density at radius 3 is 1.35 bits per heavy atom. The molecule has 2 aromatic carbocycles. The molecule has 5 nitrogen and oxygen atoms in total. The van der Waals surface area contributed by atoms with Crippen LogP contribution < -0.4 is 0 Å². The molecule has 0 amide bonds. The van der Waals surface area contributed by atoms with Crippen LogP contribution in [0.25, 0.3) is 0 Å². The third kappa shape index (κ3) is 2.59. The Bertz CT molecular complexity index is 653. The van der Waals surface area contributed by atoms with Crippen molar-refractivity contribution in [2.75, 3.05) is 0 Å². The van der Waals surface area contributed by atoms with Crippen LogP contribution in [0.15, 0.2) is 33.2 Å². The number of phenols is 4. The minimum atomic E-state index is -0.505. The monoisotopic (exact) mass is 402 g/mol. The first-order chi connectivity index (χ1) is 9.31. The smallest absolute Gasteiger partial charge is 0.195 e. The fourth-order valence-electron chi connectivity index (χ4n) is 1.60. The highest BCUT2D eigenvalue weighted by Gasteiger charge is 2.19. The van der Waals surface area contributed by atoms with Gasteiger partial charge < -0.3 is 20.4 Å². The molecule has 0 aliphatic heterocycles. The summed E-state index contributed by atoms with van der Waals surface area (Å²) in [6, 6.07) is 4.60. The largest absolute Gasteiger partial charge is 0.504 e. The lowest BCUT2D eigenvalue weighted by Gasteiger charge is -2.09. The fourth-order valence-corrected chi connectivity index (χ4v) is 2.62. The molecule has 0 radical (unpaired) electrons. The standard InChI is InChI=1S/C13H8Br2O5/c14-7-3-11(18)9(16)1-5(7)13(20)6-2-10(17)12(19)4-8(6)15/h1-4,16-19H. The van der Waals surface area contributed by atoms with E-state index in [9.17, 15) is 25.2 Å². The van der Waals surface area contributed by atoms with E-state index in [1.807, 2.05) is 0 Å². The van der Waals surface area contributed by atoms with Gasteiger partial charge in [0.2, 0.25) is 0 Å². The van der Waals surface area contributed by atoms with Crippen molar-refractivity contribution in [3.63, 3.8) is 0 Å². The first-order valence-electron chi connectivity index (χ1n) is 5.29. The zero-order chi connectivity index (χ0) is 15.0. The minimum Gasteiger partial charge on any atom is -0.504 e. The van der Waals surface area contributed by atoms with Gasteiger partial charge in [-0.05, 0) is 56.1 Å². The molecule has 4 N–H and O–H groups in total. The molecule has 0 saturated heterocycles. The van der Waals surface area contributed by atoms with Gasteiger partial charge in [-0.3, -0.25) is 4.79 Å². The van der Waals surface area contributed by atoms with Crippen LogP contribution in [0.3, 0.4) is 0 Å². The van der Waals surface area contributed by atoms with Crippen LogP contribution in [-0.2, 0) is 0 Å². The number of benzene rings is 2.